The predicted molar refractivity (Wildman–Crippen MR) is 206 cm³/mol. The molecule has 2 atom stereocenters. The Labute approximate surface area is 311 Å². The minimum atomic E-state index is -3.00. The smallest absolute Gasteiger partial charge is 0.410 e. The fourth-order valence-corrected chi connectivity index (χ4v) is 6.79. The number of piperidine rings is 1. The highest BCUT2D eigenvalue weighted by Crippen LogP contribution is 2.42. The molecule has 1 aliphatic heterocycles. The summed E-state index contributed by atoms with van der Waals surface area (Å²) in [6, 6.07) is 43.5. The minimum Gasteiger partial charge on any atom is -0.444 e. The van der Waals surface area contributed by atoms with Gasteiger partial charge in [-0.2, -0.15) is 0 Å². The molecule has 0 radical (unpaired) electrons. The molecule has 0 bridgehead atoms. The van der Waals surface area contributed by atoms with E-state index in [0.717, 1.165) is 27.9 Å². The maximum absolute atomic E-state index is 14.4. The Hall–Kier alpha value is -5.28. The molecule has 5 aromatic rings. The van der Waals surface area contributed by atoms with Crippen molar-refractivity contribution >= 4 is 17.6 Å². The van der Waals surface area contributed by atoms with E-state index < -0.39 is 29.8 Å². The average molecular weight is 719 g/mol. The van der Waals surface area contributed by atoms with Crippen LogP contribution >= 0.6 is 0 Å². The largest absolute Gasteiger partial charge is 0.444 e. The lowest BCUT2D eigenvalue weighted by atomic mass is 9.85. The van der Waals surface area contributed by atoms with E-state index in [1.807, 2.05) is 84.9 Å². The van der Waals surface area contributed by atoms with Crippen LogP contribution in [0.1, 0.15) is 67.6 Å². The van der Waals surface area contributed by atoms with E-state index in [1.165, 1.54) is 4.90 Å². The first-order chi connectivity index (χ1) is 25.5. The van der Waals surface area contributed by atoms with Gasteiger partial charge < -0.3 is 19.6 Å². The van der Waals surface area contributed by atoms with Crippen LogP contribution in [0, 0.1) is 0 Å². The third kappa shape index (κ3) is 9.78. The molecule has 1 amide bonds. The normalized spacial score (nSPS) is 17.4. The van der Waals surface area contributed by atoms with Crippen molar-refractivity contribution in [1.82, 2.24) is 9.88 Å². The molecule has 276 valence electrons. The summed E-state index contributed by atoms with van der Waals surface area (Å²) in [6.45, 7) is 7.36. The van der Waals surface area contributed by atoms with Crippen LogP contribution in [-0.2, 0) is 30.9 Å². The SMILES string of the molecule is CC(C)(C)OC(=O)N1CC[C@](O)(C(F)F)C[C@@H]1c1ccc(N(Cc2ccccc2)Cc2ccccc2)c(N(Cc2ccccc2)Cc2ccccc2)n1. The summed E-state index contributed by atoms with van der Waals surface area (Å²) < 4.78 is 34.7. The van der Waals surface area contributed by atoms with Gasteiger partial charge in [-0.1, -0.05) is 121 Å². The maximum Gasteiger partial charge on any atom is 0.410 e. The fraction of sp³-hybridized carbons (Fsp3) is 0.318. The molecule has 1 fully saturated rings. The summed E-state index contributed by atoms with van der Waals surface area (Å²) in [5.41, 5.74) is 2.51. The van der Waals surface area contributed by atoms with Gasteiger partial charge in [0.15, 0.2) is 5.82 Å². The Bertz CT molecular complexity index is 1830. The summed E-state index contributed by atoms with van der Waals surface area (Å²) in [7, 11) is 0. The molecule has 0 saturated carbocycles. The number of anilines is 2. The van der Waals surface area contributed by atoms with Crippen molar-refractivity contribution in [3.8, 4) is 0 Å². The summed E-state index contributed by atoms with van der Waals surface area (Å²) in [6.07, 6.45) is -4.29. The average Bonchev–Trinajstić information content (AvgIpc) is 3.15. The molecule has 0 aliphatic carbocycles. The number of carbonyl (C=O) groups excluding carboxylic acids is 1. The Morgan fingerprint density at radius 2 is 1.19 bits per heavy atom. The predicted octanol–water partition coefficient (Wildman–Crippen LogP) is 9.56. The zero-order valence-electron chi connectivity index (χ0n) is 30.6. The van der Waals surface area contributed by atoms with Crippen molar-refractivity contribution in [1.29, 1.82) is 0 Å². The summed E-state index contributed by atoms with van der Waals surface area (Å²) in [5, 5.41) is 11.2. The zero-order valence-corrected chi connectivity index (χ0v) is 30.6. The summed E-state index contributed by atoms with van der Waals surface area (Å²) in [5.74, 6) is 0.636. The number of hydrogen-bond donors (Lipinski definition) is 1. The Morgan fingerprint density at radius 3 is 1.60 bits per heavy atom. The maximum atomic E-state index is 14.4. The van der Waals surface area contributed by atoms with Crippen LogP contribution in [0.25, 0.3) is 0 Å². The van der Waals surface area contributed by atoms with Crippen LogP contribution in [0.5, 0.6) is 0 Å². The number of pyridine rings is 1. The first kappa shape index (κ1) is 37.5. The zero-order chi connectivity index (χ0) is 37.4. The Balaban J connectivity index is 1.52. The van der Waals surface area contributed by atoms with Gasteiger partial charge in [-0.3, -0.25) is 4.90 Å². The number of carbonyl (C=O) groups is 1. The molecule has 0 spiro atoms. The van der Waals surface area contributed by atoms with Gasteiger partial charge in [0.25, 0.3) is 6.43 Å². The highest BCUT2D eigenvalue weighted by molar-refractivity contribution is 5.71. The highest BCUT2D eigenvalue weighted by Gasteiger charge is 2.48. The van der Waals surface area contributed by atoms with E-state index in [0.29, 0.717) is 37.7 Å². The van der Waals surface area contributed by atoms with Gasteiger partial charge in [0.1, 0.15) is 11.2 Å². The van der Waals surface area contributed by atoms with Gasteiger partial charge in [-0.25, -0.2) is 18.6 Å². The quantitative estimate of drug-likeness (QED) is 0.139. The summed E-state index contributed by atoms with van der Waals surface area (Å²) in [4.78, 5) is 24.9. The monoisotopic (exact) mass is 718 g/mol. The fourth-order valence-electron chi connectivity index (χ4n) is 6.79. The van der Waals surface area contributed by atoms with Crippen LogP contribution in [0.15, 0.2) is 133 Å². The third-order valence-corrected chi connectivity index (χ3v) is 9.47. The van der Waals surface area contributed by atoms with Gasteiger partial charge in [-0.15, -0.1) is 0 Å². The molecular formula is C44H48F2N4O3. The molecular weight excluding hydrogens is 671 g/mol. The minimum absolute atomic E-state index is 0.106. The lowest BCUT2D eigenvalue weighted by Crippen LogP contribution is -2.52. The number of aliphatic hydroxyl groups is 1. The van der Waals surface area contributed by atoms with Crippen LogP contribution in [0.4, 0.5) is 25.1 Å². The van der Waals surface area contributed by atoms with Crippen LogP contribution in [-0.4, -0.2) is 45.3 Å². The Kier molecular flexibility index (Phi) is 11.7. The molecule has 1 aromatic heterocycles. The van der Waals surface area contributed by atoms with Crippen molar-refractivity contribution in [3.63, 3.8) is 0 Å². The second-order valence-electron chi connectivity index (χ2n) is 14.8. The number of benzene rings is 4. The van der Waals surface area contributed by atoms with Gasteiger partial charge in [0.2, 0.25) is 0 Å². The molecule has 1 aliphatic rings. The van der Waals surface area contributed by atoms with E-state index in [2.05, 4.69) is 58.3 Å². The van der Waals surface area contributed by atoms with Gasteiger partial charge >= 0.3 is 6.09 Å². The lowest BCUT2D eigenvalue weighted by molar-refractivity contribution is -0.139. The van der Waals surface area contributed by atoms with E-state index in [4.69, 9.17) is 9.72 Å². The van der Waals surface area contributed by atoms with Crippen molar-refractivity contribution < 1.29 is 23.4 Å². The summed E-state index contributed by atoms with van der Waals surface area (Å²) >= 11 is 0. The van der Waals surface area contributed by atoms with Crippen molar-refractivity contribution in [3.05, 3.63) is 161 Å². The molecule has 2 heterocycles. The number of ether oxygens (including phenoxy) is 1. The van der Waals surface area contributed by atoms with E-state index >= 15 is 0 Å². The number of likely N-dealkylation sites (tertiary alicyclic amines) is 1. The molecule has 9 heteroatoms. The van der Waals surface area contributed by atoms with E-state index in [1.54, 1.807) is 20.8 Å². The number of aromatic nitrogens is 1. The first-order valence-corrected chi connectivity index (χ1v) is 18.1. The first-order valence-electron chi connectivity index (χ1n) is 18.1. The number of alkyl halides is 2. The molecule has 53 heavy (non-hydrogen) atoms. The standard InChI is InChI=1S/C44H48F2N4O3/c1-43(2,3)53-42(51)50-27-26-44(52,41(45)46)28-39(50)37-24-25-38(48(29-33-16-8-4-9-17-33)30-34-18-10-5-11-19-34)40(47-37)49(31-35-20-12-6-13-21-35)32-36-22-14-7-15-23-36/h4-25,39,41,52H,26-32H2,1-3H3/t39-,44-/m1/s1. The van der Waals surface area contributed by atoms with Crippen LogP contribution in [0.3, 0.4) is 0 Å². The third-order valence-electron chi connectivity index (χ3n) is 9.47. The number of hydrogen-bond acceptors (Lipinski definition) is 6. The molecule has 6 rings (SSSR count). The second kappa shape index (κ2) is 16.6. The molecule has 0 unspecified atom stereocenters. The van der Waals surface area contributed by atoms with E-state index in [9.17, 15) is 18.7 Å². The van der Waals surface area contributed by atoms with Crippen molar-refractivity contribution in [2.75, 3.05) is 16.3 Å². The molecule has 7 nitrogen and oxygen atoms in total. The van der Waals surface area contributed by atoms with Gasteiger partial charge in [0.05, 0.1) is 17.4 Å². The molecule has 1 saturated heterocycles. The van der Waals surface area contributed by atoms with Crippen LogP contribution < -0.4 is 9.80 Å². The Morgan fingerprint density at radius 1 is 0.755 bits per heavy atom. The topological polar surface area (TPSA) is 69.1 Å². The number of nitrogens with zero attached hydrogens (tertiary/aromatic N) is 4. The van der Waals surface area contributed by atoms with Crippen LogP contribution in [0.2, 0.25) is 0 Å². The molecule has 4 aromatic carbocycles. The van der Waals surface area contributed by atoms with Gasteiger partial charge in [-0.05, 0) is 61.6 Å². The van der Waals surface area contributed by atoms with Crippen molar-refractivity contribution in [2.24, 2.45) is 0 Å². The number of halogens is 2. The van der Waals surface area contributed by atoms with E-state index in [-0.39, 0.29) is 19.4 Å². The second-order valence-corrected chi connectivity index (χ2v) is 14.8. The van der Waals surface area contributed by atoms with Crippen molar-refractivity contribution in [2.45, 2.75) is 83.5 Å². The highest BCUT2D eigenvalue weighted by atomic mass is 19.3. The lowest BCUT2D eigenvalue weighted by Gasteiger charge is -2.43. The van der Waals surface area contributed by atoms with Gasteiger partial charge in [0, 0.05) is 39.1 Å². The number of rotatable bonds is 12. The number of amides is 1. The molecule has 1 N–H and O–H groups in total.